The first-order valence-electron chi connectivity index (χ1n) is 14.0. The molecule has 0 aliphatic rings. The van der Waals surface area contributed by atoms with E-state index in [1.54, 1.807) is 0 Å². The van der Waals surface area contributed by atoms with Crippen LogP contribution in [0.25, 0.3) is 10.8 Å². The van der Waals surface area contributed by atoms with Crippen molar-refractivity contribution in [3.05, 3.63) is 103 Å². The molecule has 0 saturated heterocycles. The van der Waals surface area contributed by atoms with Gasteiger partial charge in [0.1, 0.15) is 22.8 Å². The number of hydrogen-bond acceptors (Lipinski definition) is 19. The molecule has 0 amide bonds. The molecule has 0 aromatic heterocycles. The molecular formula is C28H17N9O15S2. The van der Waals surface area contributed by atoms with Crippen molar-refractivity contribution in [2.75, 3.05) is 0 Å². The van der Waals surface area contributed by atoms with E-state index in [0.717, 1.165) is 36.4 Å². The summed E-state index contributed by atoms with van der Waals surface area (Å²) in [4.78, 5) is 29.2. The summed E-state index contributed by atoms with van der Waals surface area (Å²) in [5.41, 5.74) is -4.83. The quantitative estimate of drug-likeness (QED) is 0.0376. The van der Waals surface area contributed by atoms with Crippen LogP contribution in [0, 0.1) is 30.3 Å². The summed E-state index contributed by atoms with van der Waals surface area (Å²) in [7, 11) is -9.95. The molecule has 0 aliphatic heterocycles. The summed E-state index contributed by atoms with van der Waals surface area (Å²) in [6.07, 6.45) is 0. The molecule has 0 atom stereocenters. The zero-order chi connectivity index (χ0) is 39.7. The van der Waals surface area contributed by atoms with Crippen molar-refractivity contribution in [3.8, 4) is 17.2 Å². The lowest BCUT2D eigenvalue weighted by Gasteiger charge is -2.09. The fourth-order valence-corrected chi connectivity index (χ4v) is 5.55. The first kappa shape index (κ1) is 37.8. The average molecular weight is 784 g/mol. The van der Waals surface area contributed by atoms with E-state index in [1.165, 1.54) is 12.1 Å². The van der Waals surface area contributed by atoms with Gasteiger partial charge in [0.15, 0.2) is 5.75 Å². The molecule has 0 unspecified atom stereocenters. The Bertz CT molecular complexity index is 2730. The Balaban J connectivity index is 1.69. The van der Waals surface area contributed by atoms with Crippen molar-refractivity contribution in [1.82, 2.24) is 0 Å². The van der Waals surface area contributed by atoms with Crippen molar-refractivity contribution in [2.45, 2.75) is 9.79 Å². The predicted octanol–water partition coefficient (Wildman–Crippen LogP) is 7.42. The zero-order valence-corrected chi connectivity index (χ0v) is 27.7. The third-order valence-corrected chi connectivity index (χ3v) is 8.60. The first-order valence-corrected chi connectivity index (χ1v) is 16.9. The Kier molecular flexibility index (Phi) is 10.0. The molecule has 0 bridgehead atoms. The minimum Gasteiger partial charge on any atom is -0.507 e. The van der Waals surface area contributed by atoms with Gasteiger partial charge in [-0.15, -0.1) is 20.5 Å². The van der Waals surface area contributed by atoms with Crippen molar-refractivity contribution >= 4 is 82.2 Å². The van der Waals surface area contributed by atoms with Gasteiger partial charge in [0.25, 0.3) is 31.6 Å². The van der Waals surface area contributed by atoms with Crippen LogP contribution in [0.1, 0.15) is 0 Å². The van der Waals surface area contributed by atoms with Crippen LogP contribution in [-0.4, -0.2) is 56.0 Å². The Morgan fingerprint density at radius 3 is 1.50 bits per heavy atom. The van der Waals surface area contributed by atoms with Crippen LogP contribution in [0.5, 0.6) is 17.2 Å². The molecule has 0 saturated carbocycles. The highest BCUT2D eigenvalue weighted by molar-refractivity contribution is 7.86. The molecule has 5 aromatic rings. The maximum absolute atomic E-state index is 12.0. The second kappa shape index (κ2) is 14.3. The number of hydrogen-bond donors (Lipinski definition) is 5. The van der Waals surface area contributed by atoms with Crippen LogP contribution in [0.3, 0.4) is 0 Å². The largest absolute Gasteiger partial charge is 0.507 e. The maximum atomic E-state index is 12.0. The summed E-state index contributed by atoms with van der Waals surface area (Å²) in [5, 5.41) is 87.8. The molecule has 0 aliphatic carbocycles. The number of nitrogens with zero attached hydrogens (tertiary/aromatic N) is 9. The third-order valence-electron chi connectivity index (χ3n) is 6.94. The Labute approximate surface area is 298 Å². The van der Waals surface area contributed by atoms with E-state index in [2.05, 4.69) is 30.7 Å². The van der Waals surface area contributed by atoms with Gasteiger partial charge in [-0.2, -0.15) is 27.1 Å². The lowest BCUT2D eigenvalue weighted by atomic mass is 10.1. The number of nitro groups is 3. The lowest BCUT2D eigenvalue weighted by Crippen LogP contribution is -2.00. The number of rotatable bonds is 11. The highest BCUT2D eigenvalue weighted by atomic mass is 32.2. The summed E-state index contributed by atoms with van der Waals surface area (Å²) >= 11 is 0. The van der Waals surface area contributed by atoms with Crippen molar-refractivity contribution in [1.29, 1.82) is 0 Å². The molecule has 0 fully saturated rings. The van der Waals surface area contributed by atoms with E-state index in [4.69, 9.17) is 0 Å². The van der Waals surface area contributed by atoms with Crippen LogP contribution < -0.4 is 0 Å². The van der Waals surface area contributed by atoms with Gasteiger partial charge in [0.2, 0.25) is 5.75 Å². The average Bonchev–Trinajstić information content (AvgIpc) is 3.09. The summed E-state index contributed by atoms with van der Waals surface area (Å²) in [5.74, 6) is -2.77. The number of non-ortho nitro benzene ring substituents is 2. The first-order chi connectivity index (χ1) is 25.2. The lowest BCUT2D eigenvalue weighted by molar-refractivity contribution is -0.394. The Morgan fingerprint density at radius 1 is 0.500 bits per heavy atom. The molecule has 0 radical (unpaired) electrons. The molecule has 5 N–H and O–H groups in total. The van der Waals surface area contributed by atoms with Gasteiger partial charge in [0.05, 0.1) is 53.1 Å². The van der Waals surface area contributed by atoms with Crippen molar-refractivity contribution in [3.63, 3.8) is 0 Å². The molecule has 26 heteroatoms. The zero-order valence-electron chi connectivity index (χ0n) is 26.1. The smallest absolute Gasteiger partial charge is 0.319 e. The SMILES string of the molecule is O=[N+]([O-])c1ccc(N=Nc2cc(N=Nc3cc([N+](=O)[O-])cc([N+](=O)[O-])c3O)cc(N=Nc3cc(S(=O)(=O)O)cc4cc(S(=O)(=O)O)cc(O)c34)c2O)cc1. The van der Waals surface area contributed by atoms with Gasteiger partial charge >= 0.3 is 5.69 Å². The summed E-state index contributed by atoms with van der Waals surface area (Å²) in [6, 6.07) is 10.5. The van der Waals surface area contributed by atoms with Gasteiger partial charge in [-0.05, 0) is 47.9 Å². The second-order valence-corrected chi connectivity index (χ2v) is 13.3. The highest BCUT2D eigenvalue weighted by Crippen LogP contribution is 2.45. The van der Waals surface area contributed by atoms with E-state index in [0.29, 0.717) is 24.3 Å². The number of benzene rings is 5. The van der Waals surface area contributed by atoms with Gasteiger partial charge < -0.3 is 15.3 Å². The Morgan fingerprint density at radius 2 is 0.981 bits per heavy atom. The van der Waals surface area contributed by atoms with Crippen LogP contribution in [-0.2, 0) is 20.2 Å². The number of azo groups is 3. The number of nitro benzene ring substituents is 3. The van der Waals surface area contributed by atoms with Gasteiger partial charge in [-0.3, -0.25) is 39.4 Å². The van der Waals surface area contributed by atoms with Crippen molar-refractivity contribution in [2.24, 2.45) is 30.7 Å². The minimum atomic E-state index is -5.02. The van der Waals surface area contributed by atoms with Crippen LogP contribution in [0.4, 0.5) is 51.2 Å². The highest BCUT2D eigenvalue weighted by Gasteiger charge is 2.25. The number of aromatic hydroxyl groups is 3. The fourth-order valence-electron chi connectivity index (χ4n) is 4.48. The van der Waals surface area contributed by atoms with Gasteiger partial charge in [0, 0.05) is 24.3 Å². The number of phenolic OH excluding ortho intramolecular Hbond substituents is 3. The van der Waals surface area contributed by atoms with Crippen LogP contribution >= 0.6 is 0 Å². The van der Waals surface area contributed by atoms with E-state index < -0.39 is 96.2 Å². The summed E-state index contributed by atoms with van der Waals surface area (Å²) in [6.45, 7) is 0. The topological polar surface area (TPSA) is 373 Å². The van der Waals surface area contributed by atoms with Gasteiger partial charge in [-0.1, -0.05) is 0 Å². The molecular weight excluding hydrogens is 766 g/mol. The molecule has 5 aromatic carbocycles. The fraction of sp³-hybridized carbons (Fsp3) is 0. The van der Waals surface area contributed by atoms with E-state index in [1.807, 2.05) is 0 Å². The predicted molar refractivity (Wildman–Crippen MR) is 180 cm³/mol. The van der Waals surface area contributed by atoms with Crippen LogP contribution in [0.2, 0.25) is 0 Å². The van der Waals surface area contributed by atoms with E-state index in [-0.39, 0.29) is 27.8 Å². The van der Waals surface area contributed by atoms with E-state index >= 15 is 0 Å². The molecule has 276 valence electrons. The van der Waals surface area contributed by atoms with Crippen molar-refractivity contribution < 1.29 is 56.0 Å². The normalized spacial score (nSPS) is 12.3. The summed E-state index contributed by atoms with van der Waals surface area (Å²) < 4.78 is 66.6. The second-order valence-electron chi connectivity index (χ2n) is 10.5. The third kappa shape index (κ3) is 8.21. The Hall–Kier alpha value is -7.42. The van der Waals surface area contributed by atoms with Gasteiger partial charge in [-0.25, -0.2) is 0 Å². The standard InChI is InChI=1S/C28H17N9O15S2/c38-25-12-19(54(50,51)52)6-13-5-18(53(47,48)49)11-20(26(13)25)31-34-22-8-15(30-33-23-9-17(36(43)44)10-24(28(23)40)37(45)46)7-21(27(22)39)32-29-14-1-3-16(4-2-14)35(41)42/h1-12,38-40H,(H,47,48,49)(H,50,51,52). The molecule has 5 rings (SSSR count). The molecule has 0 spiro atoms. The monoisotopic (exact) mass is 783 g/mol. The maximum Gasteiger partial charge on any atom is 0.319 e. The van der Waals surface area contributed by atoms with Crippen LogP contribution in [0.15, 0.2) is 113 Å². The number of phenols is 3. The van der Waals surface area contributed by atoms with E-state index in [9.17, 15) is 71.6 Å². The molecule has 24 nitrogen and oxygen atoms in total. The molecule has 54 heavy (non-hydrogen) atoms. The minimum absolute atomic E-state index is 0.0391. The number of fused-ring (bicyclic) bond motifs is 1. The molecule has 0 heterocycles.